The second-order valence-corrected chi connectivity index (χ2v) is 12.3. The molecule has 3 heterocycles. The van der Waals surface area contributed by atoms with E-state index in [0.717, 1.165) is 40.7 Å². The van der Waals surface area contributed by atoms with Gasteiger partial charge >= 0.3 is 0 Å². The fourth-order valence-electron chi connectivity index (χ4n) is 5.53. The highest BCUT2D eigenvalue weighted by Crippen LogP contribution is 2.39. The van der Waals surface area contributed by atoms with Gasteiger partial charge in [-0.1, -0.05) is 36.4 Å². The third-order valence-corrected chi connectivity index (χ3v) is 9.67. The van der Waals surface area contributed by atoms with Crippen molar-refractivity contribution in [3.05, 3.63) is 89.6 Å². The van der Waals surface area contributed by atoms with Crippen LogP contribution < -0.4 is 9.64 Å². The molecule has 0 spiro atoms. The summed E-state index contributed by atoms with van der Waals surface area (Å²) in [5.74, 6) is 0.734. The molecule has 2 aliphatic rings. The Morgan fingerprint density at radius 1 is 1.00 bits per heavy atom. The molecule has 0 saturated carbocycles. The average molecular weight is 572 g/mol. The van der Waals surface area contributed by atoms with Gasteiger partial charge in [0.05, 0.1) is 30.4 Å². The quantitative estimate of drug-likeness (QED) is 0.221. The minimum absolute atomic E-state index is 0.163. The number of likely N-dealkylation sites (N-methyl/N-ethyl adjacent to an activating group) is 1. The average Bonchev–Trinajstić information content (AvgIpc) is 3.46. The number of ether oxygens (including phenoxy) is 2. The lowest BCUT2D eigenvalue weighted by Gasteiger charge is -2.26. The molecule has 41 heavy (non-hydrogen) atoms. The van der Waals surface area contributed by atoms with E-state index in [-0.39, 0.29) is 10.8 Å². The highest BCUT2D eigenvalue weighted by atomic mass is 32.2. The summed E-state index contributed by atoms with van der Waals surface area (Å²) < 4.78 is 41.7. The second kappa shape index (κ2) is 11.2. The van der Waals surface area contributed by atoms with E-state index < -0.39 is 10.0 Å². The normalized spacial score (nSPS) is 17.0. The molecular weight excluding hydrogens is 538 g/mol. The van der Waals surface area contributed by atoms with Gasteiger partial charge in [-0.15, -0.1) is 0 Å². The molecule has 0 atom stereocenters. The minimum atomic E-state index is -3.70. The van der Waals surface area contributed by atoms with Gasteiger partial charge in [-0.05, 0) is 55.3 Å². The number of nitrogens with zero attached hydrogens (tertiary/aromatic N) is 3. The number of benzene rings is 3. The van der Waals surface area contributed by atoms with Gasteiger partial charge in [0.1, 0.15) is 5.75 Å². The predicted molar refractivity (Wildman–Crippen MR) is 161 cm³/mol. The zero-order chi connectivity index (χ0) is 28.6. The summed E-state index contributed by atoms with van der Waals surface area (Å²) in [6.45, 7) is 4.76. The highest BCUT2D eigenvalue weighted by Gasteiger charge is 2.33. The first-order chi connectivity index (χ1) is 19.8. The van der Waals surface area contributed by atoms with Crippen molar-refractivity contribution in [1.29, 1.82) is 0 Å². The Balaban J connectivity index is 1.30. The van der Waals surface area contributed by atoms with Crippen molar-refractivity contribution in [2.45, 2.75) is 24.8 Å². The van der Waals surface area contributed by atoms with Crippen molar-refractivity contribution in [2.75, 3.05) is 44.9 Å². The van der Waals surface area contributed by atoms with Gasteiger partial charge in [0.2, 0.25) is 10.0 Å². The standard InChI is InChI=1S/C32H33N3O5S/c1-23-8-3-6-11-31(23)40-17-7-14-34-22-24(26-9-4-5-10-30(26)34)20-28-27-21-25(12-13-29(27)33(2)32(28)36)41(37,38)35-15-18-39-19-16-35/h3-6,8-13,20-22H,7,14-19H2,1-2H3. The van der Waals surface area contributed by atoms with Crippen molar-refractivity contribution < 1.29 is 22.7 Å². The lowest BCUT2D eigenvalue weighted by atomic mass is 10.0. The number of amides is 1. The van der Waals surface area contributed by atoms with Gasteiger partial charge in [0.15, 0.2) is 0 Å². The lowest BCUT2D eigenvalue weighted by molar-refractivity contribution is -0.112. The molecule has 0 aliphatic carbocycles. The molecule has 0 radical (unpaired) electrons. The Bertz CT molecular complexity index is 1750. The summed E-state index contributed by atoms with van der Waals surface area (Å²) in [5, 5.41) is 1.03. The molecule has 1 fully saturated rings. The van der Waals surface area contributed by atoms with Gasteiger partial charge < -0.3 is 18.9 Å². The van der Waals surface area contributed by atoms with Gasteiger partial charge in [-0.3, -0.25) is 4.79 Å². The zero-order valence-electron chi connectivity index (χ0n) is 23.2. The van der Waals surface area contributed by atoms with Crippen molar-refractivity contribution in [3.63, 3.8) is 0 Å². The van der Waals surface area contributed by atoms with Crippen LogP contribution in [0.3, 0.4) is 0 Å². The van der Waals surface area contributed by atoms with Gasteiger partial charge in [0, 0.05) is 60.5 Å². The number of sulfonamides is 1. The third-order valence-electron chi connectivity index (χ3n) is 7.78. The Kier molecular flexibility index (Phi) is 7.42. The van der Waals surface area contributed by atoms with Gasteiger partial charge in [-0.2, -0.15) is 4.31 Å². The maximum absolute atomic E-state index is 13.4. The number of para-hydroxylation sites is 2. The number of anilines is 1. The molecule has 1 amide bonds. The molecule has 2 aliphatic heterocycles. The van der Waals surface area contributed by atoms with E-state index in [9.17, 15) is 13.2 Å². The van der Waals surface area contributed by atoms with Crippen LogP contribution in [0.1, 0.15) is 23.1 Å². The van der Waals surface area contributed by atoms with E-state index in [1.54, 1.807) is 30.1 Å². The summed E-state index contributed by atoms with van der Waals surface area (Å²) >= 11 is 0. The maximum atomic E-state index is 13.4. The molecule has 4 aromatic rings. The number of rotatable bonds is 8. The minimum Gasteiger partial charge on any atom is -0.493 e. The number of morpholine rings is 1. The SMILES string of the molecule is Cc1ccccc1OCCCn1cc(C=C2C(=O)N(C)c3ccc(S(=O)(=O)N4CCOCC4)cc32)c2ccccc21. The molecule has 9 heteroatoms. The van der Waals surface area contributed by atoms with E-state index in [1.165, 1.54) is 4.31 Å². The molecule has 0 unspecified atom stereocenters. The molecule has 0 N–H and O–H groups in total. The number of aryl methyl sites for hydroxylation is 2. The van der Waals surface area contributed by atoms with Crippen LogP contribution in [0, 0.1) is 6.92 Å². The van der Waals surface area contributed by atoms with E-state index in [4.69, 9.17) is 9.47 Å². The van der Waals surface area contributed by atoms with Crippen LogP contribution in [0.5, 0.6) is 5.75 Å². The number of fused-ring (bicyclic) bond motifs is 2. The Morgan fingerprint density at radius 2 is 1.76 bits per heavy atom. The van der Waals surface area contributed by atoms with E-state index in [2.05, 4.69) is 16.8 Å². The van der Waals surface area contributed by atoms with E-state index in [1.807, 2.05) is 55.5 Å². The van der Waals surface area contributed by atoms with Crippen LogP contribution in [0.2, 0.25) is 0 Å². The summed E-state index contributed by atoms with van der Waals surface area (Å²) in [4.78, 5) is 15.2. The van der Waals surface area contributed by atoms with Crippen molar-refractivity contribution in [3.8, 4) is 5.75 Å². The fourth-order valence-corrected chi connectivity index (χ4v) is 6.97. The monoisotopic (exact) mass is 571 g/mol. The topological polar surface area (TPSA) is 81.1 Å². The zero-order valence-corrected chi connectivity index (χ0v) is 24.1. The van der Waals surface area contributed by atoms with Crippen molar-refractivity contribution >= 4 is 44.2 Å². The van der Waals surface area contributed by atoms with E-state index >= 15 is 0 Å². The van der Waals surface area contributed by atoms with E-state index in [0.29, 0.717) is 49.7 Å². The Labute approximate surface area is 240 Å². The van der Waals surface area contributed by atoms with Crippen LogP contribution in [0.15, 0.2) is 77.8 Å². The number of aromatic nitrogens is 1. The molecule has 0 bridgehead atoms. The Morgan fingerprint density at radius 3 is 2.56 bits per heavy atom. The molecule has 8 nitrogen and oxygen atoms in total. The molecule has 3 aromatic carbocycles. The number of carbonyl (C=O) groups is 1. The first-order valence-electron chi connectivity index (χ1n) is 13.8. The number of hydrogen-bond donors (Lipinski definition) is 0. The van der Waals surface area contributed by atoms with Crippen LogP contribution in [-0.4, -0.2) is 63.2 Å². The predicted octanol–water partition coefficient (Wildman–Crippen LogP) is 4.96. The smallest absolute Gasteiger partial charge is 0.258 e. The van der Waals surface area contributed by atoms with Crippen LogP contribution >= 0.6 is 0 Å². The second-order valence-electron chi connectivity index (χ2n) is 10.4. The first kappa shape index (κ1) is 27.3. The van der Waals surface area contributed by atoms with Crippen molar-refractivity contribution in [1.82, 2.24) is 8.87 Å². The molecule has 1 aromatic heterocycles. The Hall–Kier alpha value is -3.92. The highest BCUT2D eigenvalue weighted by molar-refractivity contribution is 7.89. The summed E-state index contributed by atoms with van der Waals surface area (Å²) in [7, 11) is -1.98. The van der Waals surface area contributed by atoms with Crippen LogP contribution in [0.25, 0.3) is 22.6 Å². The summed E-state index contributed by atoms with van der Waals surface area (Å²) in [6, 6.07) is 21.0. The molecule has 212 valence electrons. The number of hydrogen-bond acceptors (Lipinski definition) is 5. The molecular formula is C32H33N3O5S. The third kappa shape index (κ3) is 5.16. The summed E-state index contributed by atoms with van der Waals surface area (Å²) in [6.07, 6.45) is 4.76. The molecule has 1 saturated heterocycles. The molecule has 6 rings (SSSR count). The first-order valence-corrected chi connectivity index (χ1v) is 15.3. The van der Waals surface area contributed by atoms with Crippen LogP contribution in [-0.2, 0) is 26.1 Å². The van der Waals surface area contributed by atoms with Crippen LogP contribution in [0.4, 0.5) is 5.69 Å². The van der Waals surface area contributed by atoms with Gasteiger partial charge in [-0.25, -0.2) is 8.42 Å². The van der Waals surface area contributed by atoms with Crippen molar-refractivity contribution in [2.24, 2.45) is 0 Å². The summed E-state index contributed by atoms with van der Waals surface area (Å²) in [5.41, 5.74) is 4.88. The van der Waals surface area contributed by atoms with Gasteiger partial charge in [0.25, 0.3) is 5.91 Å². The number of carbonyl (C=O) groups excluding carboxylic acids is 1. The largest absolute Gasteiger partial charge is 0.493 e. The fraction of sp³-hybridized carbons (Fsp3) is 0.281. The maximum Gasteiger partial charge on any atom is 0.258 e. The lowest BCUT2D eigenvalue weighted by Crippen LogP contribution is -2.40.